The average Bonchev–Trinajstić information content (AvgIpc) is 2.84. The summed E-state index contributed by atoms with van der Waals surface area (Å²) in [5.74, 6) is 2.45. The van der Waals surface area contributed by atoms with Crippen molar-refractivity contribution < 1.29 is 19.1 Å². The van der Waals surface area contributed by atoms with Gasteiger partial charge >= 0.3 is 11.9 Å². The van der Waals surface area contributed by atoms with Gasteiger partial charge < -0.3 is 9.47 Å². The maximum atomic E-state index is 12.5. The number of carbonyl (C=O) groups excluding carboxylic acids is 2. The van der Waals surface area contributed by atoms with Crippen LogP contribution in [0.1, 0.15) is 144 Å². The quantitative estimate of drug-likeness (QED) is 0.121. The lowest BCUT2D eigenvalue weighted by Gasteiger charge is -2.26. The molecule has 0 N–H and O–H groups in total. The first-order valence-corrected chi connectivity index (χ1v) is 15.6. The largest absolute Gasteiger partial charge is 0.465 e. The molecule has 1 aliphatic carbocycles. The molecule has 1 fully saturated rings. The Morgan fingerprint density at radius 3 is 1.25 bits per heavy atom. The minimum atomic E-state index is -0.0631. The Morgan fingerprint density at radius 1 is 0.583 bits per heavy atom. The molecule has 0 heterocycles. The van der Waals surface area contributed by atoms with Crippen LogP contribution in [0.5, 0.6) is 0 Å². The van der Waals surface area contributed by atoms with Gasteiger partial charge in [0, 0.05) is 0 Å². The summed E-state index contributed by atoms with van der Waals surface area (Å²) in [6, 6.07) is 0. The van der Waals surface area contributed by atoms with Crippen molar-refractivity contribution >= 4 is 11.9 Å². The molecule has 0 amide bonds. The summed E-state index contributed by atoms with van der Waals surface area (Å²) < 4.78 is 11.3. The summed E-state index contributed by atoms with van der Waals surface area (Å²) in [6.45, 7) is 14.8. The van der Waals surface area contributed by atoms with Crippen molar-refractivity contribution in [3.63, 3.8) is 0 Å². The van der Waals surface area contributed by atoms with E-state index in [0.717, 1.165) is 50.4 Å². The molecule has 1 rings (SSSR count). The van der Waals surface area contributed by atoms with Gasteiger partial charge in [0.05, 0.1) is 25.0 Å². The van der Waals surface area contributed by atoms with Crippen LogP contribution in [0.2, 0.25) is 0 Å². The predicted molar refractivity (Wildman–Crippen MR) is 151 cm³/mol. The number of carbonyl (C=O) groups is 2. The minimum absolute atomic E-state index is 0.0495. The van der Waals surface area contributed by atoms with Crippen LogP contribution in [-0.4, -0.2) is 25.2 Å². The molecule has 4 nitrogen and oxygen atoms in total. The summed E-state index contributed by atoms with van der Waals surface area (Å²) in [5, 5.41) is 0. The van der Waals surface area contributed by atoms with Gasteiger partial charge in [0.1, 0.15) is 0 Å². The first-order valence-electron chi connectivity index (χ1n) is 15.6. The fourth-order valence-electron chi connectivity index (χ4n) is 5.85. The van der Waals surface area contributed by atoms with Crippen molar-refractivity contribution in [2.75, 3.05) is 13.2 Å². The zero-order chi connectivity index (χ0) is 26.8. The lowest BCUT2D eigenvalue weighted by molar-refractivity contribution is -0.155. The molecule has 4 atom stereocenters. The van der Waals surface area contributed by atoms with E-state index in [1.54, 1.807) is 0 Å². The summed E-state index contributed by atoms with van der Waals surface area (Å²) in [5.41, 5.74) is 0. The van der Waals surface area contributed by atoms with Crippen molar-refractivity contribution in [3.8, 4) is 0 Å². The Bertz CT molecular complexity index is 517. The topological polar surface area (TPSA) is 52.6 Å². The summed E-state index contributed by atoms with van der Waals surface area (Å²) in [7, 11) is 0. The van der Waals surface area contributed by atoms with Crippen LogP contribution in [0.15, 0.2) is 0 Å². The highest BCUT2D eigenvalue weighted by molar-refractivity contribution is 5.75. The monoisotopic (exact) mass is 508 g/mol. The Balaban J connectivity index is 2.15. The third-order valence-electron chi connectivity index (χ3n) is 8.31. The molecule has 0 aromatic carbocycles. The highest BCUT2D eigenvalue weighted by atomic mass is 16.5. The van der Waals surface area contributed by atoms with E-state index in [2.05, 4.69) is 41.5 Å². The van der Waals surface area contributed by atoms with E-state index in [0.29, 0.717) is 25.0 Å². The van der Waals surface area contributed by atoms with Gasteiger partial charge in [-0.25, -0.2) is 0 Å². The summed E-state index contributed by atoms with van der Waals surface area (Å²) in [4.78, 5) is 25.1. The second kappa shape index (κ2) is 20.0. The molecule has 4 unspecified atom stereocenters. The SMILES string of the molecule is CCCCCC(C)CC(C)CCOC(=O)C1CCC(C(=O)OCCC(C)CC(C)CCCCC)CC1. The molecule has 0 spiro atoms. The summed E-state index contributed by atoms with van der Waals surface area (Å²) in [6.07, 6.45) is 17.8. The van der Waals surface area contributed by atoms with Gasteiger partial charge in [-0.3, -0.25) is 9.59 Å². The average molecular weight is 509 g/mol. The fraction of sp³-hybridized carbons (Fsp3) is 0.938. The molecule has 36 heavy (non-hydrogen) atoms. The first kappa shape index (κ1) is 33.0. The normalized spacial score (nSPS) is 21.4. The molecule has 212 valence electrons. The van der Waals surface area contributed by atoms with E-state index in [9.17, 15) is 9.59 Å². The van der Waals surface area contributed by atoms with Gasteiger partial charge in [-0.15, -0.1) is 0 Å². The number of hydrogen-bond donors (Lipinski definition) is 0. The van der Waals surface area contributed by atoms with Crippen LogP contribution in [0.4, 0.5) is 0 Å². The van der Waals surface area contributed by atoms with Crippen molar-refractivity contribution in [1.82, 2.24) is 0 Å². The number of ether oxygens (including phenoxy) is 2. The molecule has 0 aliphatic heterocycles. The fourth-order valence-corrected chi connectivity index (χ4v) is 5.85. The number of unbranched alkanes of at least 4 members (excludes halogenated alkanes) is 4. The van der Waals surface area contributed by atoms with Gasteiger partial charge in [-0.2, -0.15) is 0 Å². The molecule has 1 aliphatic rings. The number of hydrogen-bond acceptors (Lipinski definition) is 4. The zero-order valence-corrected chi connectivity index (χ0v) is 24.8. The lowest BCUT2D eigenvalue weighted by Crippen LogP contribution is -2.29. The van der Waals surface area contributed by atoms with E-state index in [4.69, 9.17) is 9.47 Å². The Morgan fingerprint density at radius 2 is 0.917 bits per heavy atom. The van der Waals surface area contributed by atoms with Gasteiger partial charge in [-0.1, -0.05) is 92.9 Å². The number of esters is 2. The first-order chi connectivity index (χ1) is 17.3. The van der Waals surface area contributed by atoms with Crippen LogP contribution in [-0.2, 0) is 19.1 Å². The second-order valence-corrected chi connectivity index (χ2v) is 12.3. The lowest BCUT2D eigenvalue weighted by atomic mass is 9.82. The van der Waals surface area contributed by atoms with Gasteiger partial charge in [0.25, 0.3) is 0 Å². The van der Waals surface area contributed by atoms with E-state index < -0.39 is 0 Å². The maximum absolute atomic E-state index is 12.5. The number of rotatable bonds is 20. The van der Waals surface area contributed by atoms with Gasteiger partial charge in [-0.05, 0) is 75.0 Å². The van der Waals surface area contributed by atoms with Crippen molar-refractivity contribution in [1.29, 1.82) is 0 Å². The van der Waals surface area contributed by atoms with Crippen LogP contribution in [0.3, 0.4) is 0 Å². The highest BCUT2D eigenvalue weighted by Gasteiger charge is 2.31. The molecule has 0 saturated heterocycles. The third kappa shape index (κ3) is 15.3. The van der Waals surface area contributed by atoms with Crippen molar-refractivity contribution in [3.05, 3.63) is 0 Å². The van der Waals surface area contributed by atoms with Crippen LogP contribution in [0, 0.1) is 35.5 Å². The van der Waals surface area contributed by atoms with E-state index in [-0.39, 0.29) is 23.8 Å². The Labute approximate surface area is 224 Å². The smallest absolute Gasteiger partial charge is 0.308 e. The molecule has 0 aromatic rings. The summed E-state index contributed by atoms with van der Waals surface area (Å²) >= 11 is 0. The molecular formula is C32H60O4. The molecule has 0 aromatic heterocycles. The Kier molecular flexibility index (Phi) is 18.3. The van der Waals surface area contributed by atoms with Gasteiger partial charge in [0.15, 0.2) is 0 Å². The van der Waals surface area contributed by atoms with E-state index in [1.807, 2.05) is 0 Å². The van der Waals surface area contributed by atoms with E-state index in [1.165, 1.54) is 64.2 Å². The Hall–Kier alpha value is -1.06. The van der Waals surface area contributed by atoms with Crippen LogP contribution < -0.4 is 0 Å². The molecule has 1 saturated carbocycles. The molecular weight excluding hydrogens is 448 g/mol. The standard InChI is InChI=1S/C32H60O4/c1-7-9-11-13-25(3)23-27(5)19-21-35-31(33)29-15-17-30(18-16-29)32(34)36-22-20-28(6)24-26(4)14-12-10-8-2/h25-30H,7-24H2,1-6H3. The molecule has 4 heteroatoms. The van der Waals surface area contributed by atoms with Crippen molar-refractivity contribution in [2.45, 2.75) is 144 Å². The third-order valence-corrected chi connectivity index (χ3v) is 8.31. The molecule has 0 radical (unpaired) electrons. The van der Waals surface area contributed by atoms with Crippen LogP contribution >= 0.6 is 0 Å². The van der Waals surface area contributed by atoms with Gasteiger partial charge in [0.2, 0.25) is 0 Å². The minimum Gasteiger partial charge on any atom is -0.465 e. The predicted octanol–water partition coefficient (Wildman–Crippen LogP) is 9.14. The van der Waals surface area contributed by atoms with Crippen molar-refractivity contribution in [2.24, 2.45) is 35.5 Å². The van der Waals surface area contributed by atoms with Crippen LogP contribution in [0.25, 0.3) is 0 Å². The second-order valence-electron chi connectivity index (χ2n) is 12.3. The molecule has 0 bridgehead atoms. The maximum Gasteiger partial charge on any atom is 0.308 e. The van der Waals surface area contributed by atoms with E-state index >= 15 is 0 Å². The zero-order valence-electron chi connectivity index (χ0n) is 24.8. The highest BCUT2D eigenvalue weighted by Crippen LogP contribution is 2.31.